The van der Waals surface area contributed by atoms with Crippen molar-refractivity contribution in [3.05, 3.63) is 23.6 Å². The number of hydrogen-bond acceptors (Lipinski definition) is 6. The van der Waals surface area contributed by atoms with E-state index in [1.54, 1.807) is 0 Å². The number of hydrogen-bond donors (Lipinski definition) is 1. The molecule has 8 nitrogen and oxygen atoms in total. The van der Waals surface area contributed by atoms with E-state index in [9.17, 15) is 18.0 Å². The summed E-state index contributed by atoms with van der Waals surface area (Å²) in [7, 11) is 0. The van der Waals surface area contributed by atoms with Crippen LogP contribution in [-0.2, 0) is 12.7 Å². The molecule has 11 heteroatoms. The molecule has 2 aromatic rings. The van der Waals surface area contributed by atoms with Crippen molar-refractivity contribution in [2.24, 2.45) is 0 Å². The van der Waals surface area contributed by atoms with Gasteiger partial charge in [-0.25, -0.2) is 9.48 Å². The molecule has 2 rings (SSSR count). The molecule has 0 aliphatic heterocycles. The molecule has 0 aliphatic rings. The van der Waals surface area contributed by atoms with Crippen LogP contribution >= 0.6 is 0 Å². The van der Waals surface area contributed by atoms with Gasteiger partial charge in [-0.2, -0.15) is 18.2 Å². The number of nitrogens with zero attached hydrogens (tertiary/aromatic N) is 5. The highest BCUT2D eigenvalue weighted by atomic mass is 19.4. The van der Waals surface area contributed by atoms with Crippen molar-refractivity contribution in [1.82, 2.24) is 25.1 Å². The van der Waals surface area contributed by atoms with E-state index in [0.29, 0.717) is 4.68 Å². The first-order valence-electron chi connectivity index (χ1n) is 4.39. The minimum absolute atomic E-state index is 0.151. The Kier molecular flexibility index (Phi) is 2.73. The Morgan fingerprint density at radius 3 is 2.72 bits per heavy atom. The number of carboxylic acids is 1. The Labute approximate surface area is 96.0 Å². The number of aromatic carboxylic acids is 1. The van der Waals surface area contributed by atoms with Gasteiger partial charge in [-0.1, -0.05) is 10.4 Å². The fraction of sp³-hybridized carbons (Fsp3) is 0.286. The van der Waals surface area contributed by atoms with Crippen molar-refractivity contribution in [3.63, 3.8) is 0 Å². The molecule has 0 aromatic carbocycles. The zero-order valence-corrected chi connectivity index (χ0v) is 8.42. The van der Waals surface area contributed by atoms with E-state index in [1.165, 1.54) is 0 Å². The monoisotopic (exact) mass is 263 g/mol. The smallest absolute Gasteiger partial charge is 0.435 e. The lowest BCUT2D eigenvalue weighted by Crippen LogP contribution is -2.19. The third-order valence-electron chi connectivity index (χ3n) is 1.90. The summed E-state index contributed by atoms with van der Waals surface area (Å²) in [5.41, 5.74) is -2.66. The molecule has 0 radical (unpaired) electrons. The molecule has 0 atom stereocenters. The molecule has 1 N–H and O–H groups in total. The second-order valence-electron chi connectivity index (χ2n) is 3.08. The molecule has 0 fully saturated rings. The number of aromatic nitrogens is 5. The summed E-state index contributed by atoms with van der Waals surface area (Å²) in [4.78, 5) is 14.1. The summed E-state index contributed by atoms with van der Waals surface area (Å²) in [6.07, 6.45) is -3.91. The molecule has 0 unspecified atom stereocenters. The van der Waals surface area contributed by atoms with Crippen LogP contribution in [0.5, 0.6) is 0 Å². The first kappa shape index (κ1) is 12.0. The van der Waals surface area contributed by atoms with Crippen LogP contribution < -0.4 is 0 Å². The van der Waals surface area contributed by atoms with Crippen LogP contribution in [0.25, 0.3) is 0 Å². The lowest BCUT2D eigenvalue weighted by Gasteiger charge is -2.08. The highest BCUT2D eigenvalue weighted by Crippen LogP contribution is 2.31. The van der Waals surface area contributed by atoms with Gasteiger partial charge in [0.1, 0.15) is 6.54 Å². The van der Waals surface area contributed by atoms with Crippen molar-refractivity contribution in [2.45, 2.75) is 12.7 Å². The van der Waals surface area contributed by atoms with Crippen molar-refractivity contribution >= 4 is 5.97 Å². The summed E-state index contributed by atoms with van der Waals surface area (Å²) in [6, 6.07) is 0. The summed E-state index contributed by atoms with van der Waals surface area (Å²) in [5.74, 6) is -1.97. The van der Waals surface area contributed by atoms with E-state index in [4.69, 9.17) is 5.11 Å². The molecule has 2 heterocycles. The van der Waals surface area contributed by atoms with Crippen LogP contribution in [0, 0.1) is 0 Å². The lowest BCUT2D eigenvalue weighted by molar-refractivity contribution is -0.144. The van der Waals surface area contributed by atoms with Gasteiger partial charge in [0.2, 0.25) is 11.6 Å². The highest BCUT2D eigenvalue weighted by molar-refractivity contribution is 5.86. The Balaban J connectivity index is 2.45. The standard InChI is InChI=1S/C7H4F3N5O3/c8-7(9,10)5-4(6(16)17)13-14-15(5)1-3-11-2-12-18-3/h2H,1H2,(H,16,17). The van der Waals surface area contributed by atoms with Gasteiger partial charge in [0.15, 0.2) is 12.0 Å². The maximum absolute atomic E-state index is 12.7. The Bertz CT molecular complexity index is 561. The van der Waals surface area contributed by atoms with Gasteiger partial charge >= 0.3 is 12.1 Å². The Morgan fingerprint density at radius 1 is 1.50 bits per heavy atom. The van der Waals surface area contributed by atoms with Gasteiger partial charge in [-0.05, 0) is 0 Å². The Hall–Kier alpha value is -2.46. The highest BCUT2D eigenvalue weighted by Gasteiger charge is 2.41. The van der Waals surface area contributed by atoms with E-state index in [0.717, 1.165) is 6.33 Å². The zero-order valence-electron chi connectivity index (χ0n) is 8.42. The summed E-state index contributed by atoms with van der Waals surface area (Å²) in [5, 5.41) is 17.9. The van der Waals surface area contributed by atoms with Crippen LogP contribution in [0.2, 0.25) is 0 Å². The normalized spacial score (nSPS) is 11.7. The molecule has 96 valence electrons. The minimum Gasteiger partial charge on any atom is -0.476 e. The fourth-order valence-electron chi connectivity index (χ4n) is 1.24. The molecule has 18 heavy (non-hydrogen) atoms. The lowest BCUT2D eigenvalue weighted by atomic mass is 10.3. The largest absolute Gasteiger partial charge is 0.476 e. The van der Waals surface area contributed by atoms with Gasteiger partial charge < -0.3 is 9.63 Å². The number of carboxylic acid groups (broad SMARTS) is 1. The van der Waals surface area contributed by atoms with E-state index in [1.807, 2.05) is 0 Å². The van der Waals surface area contributed by atoms with Crippen molar-refractivity contribution < 1.29 is 27.6 Å². The van der Waals surface area contributed by atoms with Crippen LogP contribution in [0.15, 0.2) is 10.9 Å². The van der Waals surface area contributed by atoms with Gasteiger partial charge in [-0.15, -0.1) is 5.10 Å². The number of carbonyl (C=O) groups is 1. The maximum atomic E-state index is 12.7. The maximum Gasteiger partial charge on any atom is 0.435 e. The van der Waals surface area contributed by atoms with Crippen LogP contribution in [-0.4, -0.2) is 36.2 Å². The topological polar surface area (TPSA) is 107 Å². The van der Waals surface area contributed by atoms with Crippen LogP contribution in [0.3, 0.4) is 0 Å². The summed E-state index contributed by atoms with van der Waals surface area (Å²) in [6.45, 7) is -0.519. The third-order valence-corrected chi connectivity index (χ3v) is 1.90. The summed E-state index contributed by atoms with van der Waals surface area (Å²) < 4.78 is 43.0. The molecule has 0 spiro atoms. The molecule has 0 aliphatic carbocycles. The molecular formula is C7H4F3N5O3. The SMILES string of the molecule is O=C(O)c1nnn(Cc2ncno2)c1C(F)(F)F. The second-order valence-corrected chi connectivity index (χ2v) is 3.08. The number of alkyl halides is 3. The van der Waals surface area contributed by atoms with Crippen molar-refractivity contribution in [1.29, 1.82) is 0 Å². The van der Waals surface area contributed by atoms with Gasteiger partial charge in [0.25, 0.3) is 0 Å². The molecule has 0 bridgehead atoms. The number of rotatable bonds is 3. The molecular weight excluding hydrogens is 259 g/mol. The van der Waals surface area contributed by atoms with Gasteiger partial charge in [0, 0.05) is 0 Å². The predicted octanol–water partition coefficient (Wildman–Crippen LogP) is 0.426. The van der Waals surface area contributed by atoms with E-state index >= 15 is 0 Å². The van der Waals surface area contributed by atoms with E-state index < -0.39 is 30.1 Å². The molecule has 0 amide bonds. The fourth-order valence-corrected chi connectivity index (χ4v) is 1.24. The first-order valence-corrected chi connectivity index (χ1v) is 4.39. The van der Waals surface area contributed by atoms with Gasteiger partial charge in [-0.3, -0.25) is 0 Å². The van der Waals surface area contributed by atoms with Crippen molar-refractivity contribution in [2.75, 3.05) is 0 Å². The zero-order chi connectivity index (χ0) is 13.3. The molecule has 0 saturated heterocycles. The quantitative estimate of drug-likeness (QED) is 0.855. The van der Waals surface area contributed by atoms with Crippen LogP contribution in [0.1, 0.15) is 22.1 Å². The third kappa shape index (κ3) is 2.14. The van der Waals surface area contributed by atoms with Crippen molar-refractivity contribution in [3.8, 4) is 0 Å². The van der Waals surface area contributed by atoms with Gasteiger partial charge in [0.05, 0.1) is 0 Å². The van der Waals surface area contributed by atoms with Crippen LogP contribution in [0.4, 0.5) is 13.2 Å². The summed E-state index contributed by atoms with van der Waals surface area (Å²) >= 11 is 0. The van der Waals surface area contributed by atoms with E-state index in [2.05, 4.69) is 25.0 Å². The predicted molar refractivity (Wildman–Crippen MR) is 45.4 cm³/mol. The number of halogens is 3. The van der Waals surface area contributed by atoms with E-state index in [-0.39, 0.29) is 5.89 Å². The molecule has 0 saturated carbocycles. The minimum atomic E-state index is -4.91. The second kappa shape index (κ2) is 4.09. The Morgan fingerprint density at radius 2 is 2.22 bits per heavy atom. The average molecular weight is 263 g/mol. The average Bonchev–Trinajstić information content (AvgIpc) is 2.85. The first-order chi connectivity index (χ1) is 8.39. The molecule has 2 aromatic heterocycles.